The molecular weight excluding hydrogens is 330 g/mol. The smallest absolute Gasteiger partial charge is 0.276 e. The number of carbonyl (C=O) groups excluding carboxylic acids is 1. The highest BCUT2D eigenvalue weighted by molar-refractivity contribution is 5.92. The normalized spacial score (nSPS) is 19.0. The average Bonchev–Trinajstić information content (AvgIpc) is 3.27. The Balaban J connectivity index is 1.42. The first kappa shape index (κ1) is 15.6. The maximum absolute atomic E-state index is 12.6. The number of carbonyl (C=O) groups is 1. The van der Waals surface area contributed by atoms with Crippen LogP contribution in [0.2, 0.25) is 0 Å². The zero-order valence-corrected chi connectivity index (χ0v) is 14.7. The number of hydrogen-bond acceptors (Lipinski definition) is 4. The molecule has 2 aliphatic rings. The molecule has 2 aliphatic heterocycles. The zero-order valence-electron chi connectivity index (χ0n) is 14.7. The summed E-state index contributed by atoms with van der Waals surface area (Å²) >= 11 is 0. The van der Waals surface area contributed by atoms with Gasteiger partial charge in [-0.25, -0.2) is 0 Å². The second kappa shape index (κ2) is 5.71. The van der Waals surface area contributed by atoms with Crippen molar-refractivity contribution in [3.05, 3.63) is 53.0 Å². The van der Waals surface area contributed by atoms with Gasteiger partial charge in [0.15, 0.2) is 5.69 Å². The van der Waals surface area contributed by atoms with Crippen molar-refractivity contribution >= 4 is 16.8 Å². The molecule has 1 amide bonds. The number of piperidine rings is 1. The van der Waals surface area contributed by atoms with Gasteiger partial charge in [-0.3, -0.25) is 4.79 Å². The number of nitrogens with one attached hydrogen (secondary N) is 1. The van der Waals surface area contributed by atoms with Crippen LogP contribution in [0.5, 0.6) is 0 Å². The average molecular weight is 351 g/mol. The van der Waals surface area contributed by atoms with E-state index in [4.69, 9.17) is 9.26 Å². The summed E-state index contributed by atoms with van der Waals surface area (Å²) < 4.78 is 11.3. The maximum atomic E-state index is 12.6. The molecule has 1 fully saturated rings. The van der Waals surface area contributed by atoms with Gasteiger partial charge in [0.1, 0.15) is 11.4 Å². The second-order valence-electron chi connectivity index (χ2n) is 7.23. The van der Waals surface area contributed by atoms with E-state index in [1.807, 2.05) is 4.90 Å². The molecule has 1 aromatic carbocycles. The SMILES string of the molecule is Cc1cc(C(=O)N2CCC3(CC2)OCCc2c3[nH]c3ccccc23)no1. The van der Waals surface area contributed by atoms with E-state index < -0.39 is 0 Å². The topological polar surface area (TPSA) is 71.4 Å². The predicted octanol–water partition coefficient (Wildman–Crippen LogP) is 3.17. The summed E-state index contributed by atoms with van der Waals surface area (Å²) in [5.41, 5.74) is 3.81. The van der Waals surface area contributed by atoms with E-state index in [1.54, 1.807) is 13.0 Å². The number of nitrogens with zero attached hydrogens (tertiary/aromatic N) is 2. The molecule has 134 valence electrons. The minimum atomic E-state index is -0.316. The van der Waals surface area contributed by atoms with Crippen LogP contribution < -0.4 is 0 Å². The Hall–Kier alpha value is -2.60. The number of aryl methyl sites for hydroxylation is 1. The predicted molar refractivity (Wildman–Crippen MR) is 96.0 cm³/mol. The molecule has 3 aromatic rings. The standard InChI is InChI=1S/C20H21N3O3/c1-13-12-17(22-26-13)19(24)23-9-7-20(8-10-23)18-15(6-11-25-20)14-4-2-3-5-16(14)21-18/h2-5,12,21H,6-11H2,1H3. The molecule has 0 atom stereocenters. The molecule has 2 aromatic heterocycles. The summed E-state index contributed by atoms with van der Waals surface area (Å²) in [6.07, 6.45) is 2.51. The fourth-order valence-electron chi connectivity index (χ4n) is 4.36. The monoisotopic (exact) mass is 351 g/mol. The second-order valence-corrected chi connectivity index (χ2v) is 7.23. The van der Waals surface area contributed by atoms with E-state index in [0.717, 1.165) is 25.9 Å². The van der Waals surface area contributed by atoms with Crippen LogP contribution in [0.1, 0.15) is 40.3 Å². The van der Waals surface area contributed by atoms with Gasteiger partial charge in [0.25, 0.3) is 5.91 Å². The third-order valence-corrected chi connectivity index (χ3v) is 5.71. The number of H-pyrrole nitrogens is 1. The van der Waals surface area contributed by atoms with Crippen LogP contribution in [0, 0.1) is 6.92 Å². The minimum absolute atomic E-state index is 0.0654. The minimum Gasteiger partial charge on any atom is -0.368 e. The van der Waals surface area contributed by atoms with E-state index in [9.17, 15) is 4.79 Å². The molecule has 6 heteroatoms. The van der Waals surface area contributed by atoms with Crippen LogP contribution in [0.25, 0.3) is 10.9 Å². The number of hydrogen-bond donors (Lipinski definition) is 1. The Morgan fingerprint density at radius 3 is 2.85 bits per heavy atom. The first-order chi connectivity index (χ1) is 12.7. The van der Waals surface area contributed by atoms with E-state index in [-0.39, 0.29) is 11.5 Å². The number of rotatable bonds is 1. The number of amides is 1. The Morgan fingerprint density at radius 2 is 2.08 bits per heavy atom. The molecule has 1 spiro atoms. The lowest BCUT2D eigenvalue weighted by Gasteiger charge is -2.43. The van der Waals surface area contributed by atoms with Crippen molar-refractivity contribution in [2.75, 3.05) is 19.7 Å². The van der Waals surface area contributed by atoms with Gasteiger partial charge in [-0.2, -0.15) is 0 Å². The molecule has 0 aliphatic carbocycles. The summed E-state index contributed by atoms with van der Waals surface area (Å²) in [6.45, 7) is 3.83. The van der Waals surface area contributed by atoms with Crippen LogP contribution in [-0.2, 0) is 16.8 Å². The van der Waals surface area contributed by atoms with Crippen molar-refractivity contribution in [1.29, 1.82) is 0 Å². The summed E-state index contributed by atoms with van der Waals surface area (Å²) in [7, 11) is 0. The number of ether oxygens (including phenoxy) is 1. The van der Waals surface area contributed by atoms with Gasteiger partial charge < -0.3 is 19.1 Å². The van der Waals surface area contributed by atoms with Crippen LogP contribution in [0.4, 0.5) is 0 Å². The number of likely N-dealkylation sites (tertiary alicyclic amines) is 1. The molecular formula is C20H21N3O3. The van der Waals surface area contributed by atoms with Gasteiger partial charge in [-0.1, -0.05) is 23.4 Å². The van der Waals surface area contributed by atoms with Crippen LogP contribution in [0.15, 0.2) is 34.9 Å². The lowest BCUT2D eigenvalue weighted by atomic mass is 9.83. The fourth-order valence-corrected chi connectivity index (χ4v) is 4.36. The molecule has 1 saturated heterocycles. The van der Waals surface area contributed by atoms with Crippen LogP contribution in [0.3, 0.4) is 0 Å². The van der Waals surface area contributed by atoms with E-state index >= 15 is 0 Å². The number of para-hydroxylation sites is 1. The van der Waals surface area contributed by atoms with Gasteiger partial charge in [0.2, 0.25) is 0 Å². The number of aromatic nitrogens is 2. The first-order valence-electron chi connectivity index (χ1n) is 9.13. The molecule has 0 radical (unpaired) electrons. The summed E-state index contributed by atoms with van der Waals surface area (Å²) in [4.78, 5) is 18.1. The van der Waals surface area contributed by atoms with Gasteiger partial charge >= 0.3 is 0 Å². The van der Waals surface area contributed by atoms with Crippen LogP contribution >= 0.6 is 0 Å². The maximum Gasteiger partial charge on any atom is 0.276 e. The molecule has 0 saturated carbocycles. The van der Waals surface area contributed by atoms with Gasteiger partial charge in [-0.05, 0) is 37.8 Å². The van der Waals surface area contributed by atoms with Crippen molar-refractivity contribution in [2.24, 2.45) is 0 Å². The third kappa shape index (κ3) is 2.29. The van der Waals surface area contributed by atoms with Crippen molar-refractivity contribution < 1.29 is 14.1 Å². The van der Waals surface area contributed by atoms with Gasteiger partial charge in [0.05, 0.1) is 12.3 Å². The van der Waals surface area contributed by atoms with E-state index in [0.29, 0.717) is 24.5 Å². The van der Waals surface area contributed by atoms with Gasteiger partial charge in [-0.15, -0.1) is 0 Å². The lowest BCUT2D eigenvalue weighted by Crippen LogP contribution is -2.48. The highest BCUT2D eigenvalue weighted by Gasteiger charge is 2.43. The van der Waals surface area contributed by atoms with Crippen molar-refractivity contribution in [2.45, 2.75) is 31.8 Å². The molecule has 5 rings (SSSR count). The van der Waals surface area contributed by atoms with E-state index in [1.165, 1.54) is 22.2 Å². The first-order valence-corrected chi connectivity index (χ1v) is 9.13. The van der Waals surface area contributed by atoms with E-state index in [2.05, 4.69) is 34.4 Å². The molecule has 26 heavy (non-hydrogen) atoms. The summed E-state index contributed by atoms with van der Waals surface area (Å²) in [6, 6.07) is 10.1. The Bertz CT molecular complexity index is 979. The molecule has 0 unspecified atom stereocenters. The van der Waals surface area contributed by atoms with Crippen LogP contribution in [-0.4, -0.2) is 40.6 Å². The van der Waals surface area contributed by atoms with Crippen molar-refractivity contribution in [1.82, 2.24) is 15.0 Å². The number of aromatic amines is 1. The molecule has 4 heterocycles. The Kier molecular flexibility index (Phi) is 3.43. The van der Waals surface area contributed by atoms with Crippen molar-refractivity contribution in [3.8, 4) is 0 Å². The zero-order chi connectivity index (χ0) is 17.7. The lowest BCUT2D eigenvalue weighted by molar-refractivity contribution is -0.0958. The highest BCUT2D eigenvalue weighted by Crippen LogP contribution is 2.43. The largest absolute Gasteiger partial charge is 0.368 e. The quantitative estimate of drug-likeness (QED) is 0.731. The molecule has 1 N–H and O–H groups in total. The highest BCUT2D eigenvalue weighted by atomic mass is 16.5. The number of fused-ring (bicyclic) bond motifs is 4. The van der Waals surface area contributed by atoms with Crippen molar-refractivity contribution in [3.63, 3.8) is 0 Å². The summed E-state index contributed by atoms with van der Waals surface area (Å²) in [5.74, 6) is 0.588. The third-order valence-electron chi connectivity index (χ3n) is 5.71. The Morgan fingerprint density at radius 1 is 1.27 bits per heavy atom. The number of benzene rings is 1. The Labute approximate surface area is 151 Å². The van der Waals surface area contributed by atoms with Gasteiger partial charge in [0, 0.05) is 30.1 Å². The summed E-state index contributed by atoms with van der Waals surface area (Å²) in [5, 5.41) is 5.15. The molecule has 0 bridgehead atoms. The fraction of sp³-hybridized carbons (Fsp3) is 0.400. The molecule has 6 nitrogen and oxygen atoms in total.